The highest BCUT2D eigenvalue weighted by molar-refractivity contribution is 5.87. The monoisotopic (exact) mass is 226 g/mol. The first-order chi connectivity index (χ1) is 8.25. The van der Waals surface area contributed by atoms with Crippen molar-refractivity contribution in [3.05, 3.63) is 47.2 Å². The summed E-state index contributed by atoms with van der Waals surface area (Å²) in [4.78, 5) is 3.37. The van der Waals surface area contributed by atoms with Crippen LogP contribution in [0.5, 0.6) is 0 Å². The van der Waals surface area contributed by atoms with E-state index in [9.17, 15) is 0 Å². The molecule has 0 aliphatic carbocycles. The third kappa shape index (κ3) is 1.79. The van der Waals surface area contributed by atoms with Crippen molar-refractivity contribution in [1.82, 2.24) is 10.3 Å². The van der Waals surface area contributed by atoms with Gasteiger partial charge in [-0.2, -0.15) is 0 Å². The lowest BCUT2D eigenvalue weighted by molar-refractivity contribution is 0.631. The smallest absolute Gasteiger partial charge is 0.0515 e. The number of benzene rings is 1. The summed E-state index contributed by atoms with van der Waals surface area (Å²) in [6, 6.07) is 6.88. The van der Waals surface area contributed by atoms with E-state index in [1.165, 1.54) is 27.6 Å². The van der Waals surface area contributed by atoms with Crippen LogP contribution in [0.1, 0.15) is 31.0 Å². The minimum atomic E-state index is 0.348. The van der Waals surface area contributed by atoms with Gasteiger partial charge in [0, 0.05) is 23.6 Å². The zero-order valence-electron chi connectivity index (χ0n) is 10.4. The zero-order valence-corrected chi connectivity index (χ0v) is 10.4. The highest BCUT2D eigenvalue weighted by Gasteiger charge is 2.18. The zero-order chi connectivity index (χ0) is 11.8. The number of aromatic amines is 1. The van der Waals surface area contributed by atoms with Gasteiger partial charge in [-0.3, -0.25) is 0 Å². The average Bonchev–Trinajstić information content (AvgIpc) is 2.62. The Bertz CT molecular complexity index is 574. The van der Waals surface area contributed by atoms with Gasteiger partial charge in [0.2, 0.25) is 0 Å². The third-order valence-electron chi connectivity index (χ3n) is 3.41. The molecule has 1 aromatic carbocycles. The molecule has 0 spiro atoms. The number of allylic oxidation sites excluding steroid dienone is 1. The summed E-state index contributed by atoms with van der Waals surface area (Å²) >= 11 is 0. The van der Waals surface area contributed by atoms with Crippen LogP contribution in [0.25, 0.3) is 10.9 Å². The van der Waals surface area contributed by atoms with Crippen LogP contribution in [-0.2, 0) is 6.42 Å². The summed E-state index contributed by atoms with van der Waals surface area (Å²) in [5, 5.41) is 5.03. The van der Waals surface area contributed by atoms with Crippen LogP contribution in [0.2, 0.25) is 0 Å². The summed E-state index contributed by atoms with van der Waals surface area (Å²) in [7, 11) is 0. The molecule has 2 aromatic rings. The van der Waals surface area contributed by atoms with E-state index < -0.39 is 0 Å². The van der Waals surface area contributed by atoms with E-state index >= 15 is 0 Å². The van der Waals surface area contributed by atoms with Crippen molar-refractivity contribution in [3.63, 3.8) is 0 Å². The van der Waals surface area contributed by atoms with Gasteiger partial charge in [-0.1, -0.05) is 23.8 Å². The van der Waals surface area contributed by atoms with Gasteiger partial charge in [-0.05, 0) is 37.5 Å². The summed E-state index contributed by atoms with van der Waals surface area (Å²) in [6.07, 6.45) is 5.57. The Kier molecular flexibility index (Phi) is 2.52. The van der Waals surface area contributed by atoms with Crippen molar-refractivity contribution < 1.29 is 0 Å². The lowest BCUT2D eigenvalue weighted by Crippen LogP contribution is -2.20. The van der Waals surface area contributed by atoms with E-state index in [-0.39, 0.29) is 0 Å². The number of aromatic nitrogens is 1. The predicted molar refractivity (Wildman–Crippen MR) is 72.2 cm³/mol. The highest BCUT2D eigenvalue weighted by atomic mass is 14.9. The van der Waals surface area contributed by atoms with E-state index in [0.29, 0.717) is 6.04 Å². The Morgan fingerprint density at radius 3 is 3.06 bits per heavy atom. The van der Waals surface area contributed by atoms with Gasteiger partial charge in [-0.25, -0.2) is 0 Å². The Labute approximate surface area is 102 Å². The fourth-order valence-corrected chi connectivity index (χ4v) is 2.70. The van der Waals surface area contributed by atoms with Gasteiger partial charge in [0.15, 0.2) is 0 Å². The fraction of sp³-hybridized carbons (Fsp3) is 0.333. The van der Waals surface area contributed by atoms with Crippen molar-refractivity contribution in [2.75, 3.05) is 6.54 Å². The number of hydrogen-bond acceptors (Lipinski definition) is 1. The summed E-state index contributed by atoms with van der Waals surface area (Å²) in [5.41, 5.74) is 5.46. The fourth-order valence-electron chi connectivity index (χ4n) is 2.70. The third-order valence-corrected chi connectivity index (χ3v) is 3.41. The van der Waals surface area contributed by atoms with Crippen molar-refractivity contribution >= 4 is 10.9 Å². The molecule has 0 amide bonds. The molecule has 88 valence electrons. The molecular formula is C15H18N2. The molecule has 2 nitrogen and oxygen atoms in total. The van der Waals surface area contributed by atoms with Crippen LogP contribution in [0.4, 0.5) is 0 Å². The van der Waals surface area contributed by atoms with E-state index in [0.717, 1.165) is 13.0 Å². The average molecular weight is 226 g/mol. The number of rotatable bonds is 1. The number of nitrogens with one attached hydrogen (secondary N) is 2. The van der Waals surface area contributed by atoms with E-state index in [1.54, 1.807) is 0 Å². The van der Waals surface area contributed by atoms with Crippen LogP contribution in [-0.4, -0.2) is 11.5 Å². The molecule has 17 heavy (non-hydrogen) atoms. The summed E-state index contributed by atoms with van der Waals surface area (Å²) in [6.45, 7) is 5.35. The first-order valence-corrected chi connectivity index (χ1v) is 6.23. The standard InChI is InChI=1S/C15H18N2/c1-10(2)8-14-12-4-3-5-13-15(12)11(9-17-13)6-7-16-14/h3-5,8-9,14,16-17H,6-7H2,1-2H3/t14-/m0/s1. The summed E-state index contributed by atoms with van der Waals surface area (Å²) < 4.78 is 0. The Hall–Kier alpha value is -1.54. The molecule has 0 unspecified atom stereocenters. The molecule has 1 atom stereocenters. The molecule has 0 saturated carbocycles. The molecule has 2 N–H and O–H groups in total. The van der Waals surface area contributed by atoms with Crippen LogP contribution in [0, 0.1) is 0 Å². The molecule has 1 aliphatic rings. The maximum Gasteiger partial charge on any atom is 0.0515 e. The quantitative estimate of drug-likeness (QED) is 0.717. The van der Waals surface area contributed by atoms with Crippen molar-refractivity contribution in [1.29, 1.82) is 0 Å². The van der Waals surface area contributed by atoms with Gasteiger partial charge >= 0.3 is 0 Å². The van der Waals surface area contributed by atoms with Crippen molar-refractivity contribution in [3.8, 4) is 0 Å². The maximum atomic E-state index is 3.62. The molecule has 2 heteroatoms. The number of hydrogen-bond donors (Lipinski definition) is 2. The maximum absolute atomic E-state index is 3.62. The first-order valence-electron chi connectivity index (χ1n) is 6.23. The van der Waals surface area contributed by atoms with Crippen molar-refractivity contribution in [2.24, 2.45) is 0 Å². The Morgan fingerprint density at radius 1 is 1.35 bits per heavy atom. The van der Waals surface area contributed by atoms with Gasteiger partial charge < -0.3 is 10.3 Å². The highest BCUT2D eigenvalue weighted by Crippen LogP contribution is 2.30. The second-order valence-corrected chi connectivity index (χ2v) is 5.01. The lowest BCUT2D eigenvalue weighted by Gasteiger charge is -2.14. The molecule has 0 bridgehead atoms. The van der Waals surface area contributed by atoms with Crippen LogP contribution in [0.15, 0.2) is 36.0 Å². The minimum Gasteiger partial charge on any atom is -0.361 e. The molecule has 0 radical (unpaired) electrons. The Morgan fingerprint density at radius 2 is 2.24 bits per heavy atom. The lowest BCUT2D eigenvalue weighted by atomic mass is 9.99. The molecule has 1 aromatic heterocycles. The normalized spacial score (nSPS) is 19.1. The van der Waals surface area contributed by atoms with Crippen LogP contribution >= 0.6 is 0 Å². The SMILES string of the molecule is CC(C)=C[C@@H]1NCCc2c[nH]c3cccc1c23. The van der Waals surface area contributed by atoms with Gasteiger partial charge in [0.1, 0.15) is 0 Å². The largest absolute Gasteiger partial charge is 0.361 e. The molecule has 0 fully saturated rings. The molecule has 0 saturated heterocycles. The minimum absolute atomic E-state index is 0.348. The van der Waals surface area contributed by atoms with Gasteiger partial charge in [-0.15, -0.1) is 0 Å². The van der Waals surface area contributed by atoms with Crippen LogP contribution in [0.3, 0.4) is 0 Å². The molecule has 2 heterocycles. The van der Waals surface area contributed by atoms with Gasteiger partial charge in [0.25, 0.3) is 0 Å². The predicted octanol–water partition coefficient (Wildman–Crippen LogP) is 3.32. The van der Waals surface area contributed by atoms with Gasteiger partial charge in [0.05, 0.1) is 6.04 Å². The number of H-pyrrole nitrogens is 1. The molecular weight excluding hydrogens is 208 g/mol. The Balaban J connectivity index is 2.23. The second kappa shape index (κ2) is 4.04. The first kappa shape index (κ1) is 10.6. The summed E-state index contributed by atoms with van der Waals surface area (Å²) in [5.74, 6) is 0. The topological polar surface area (TPSA) is 27.8 Å². The van der Waals surface area contributed by atoms with Crippen LogP contribution < -0.4 is 5.32 Å². The van der Waals surface area contributed by atoms with E-state index in [2.05, 4.69) is 54.6 Å². The molecule has 1 aliphatic heterocycles. The van der Waals surface area contributed by atoms with E-state index in [1.807, 2.05) is 0 Å². The molecule has 3 rings (SSSR count). The van der Waals surface area contributed by atoms with Crippen molar-refractivity contribution in [2.45, 2.75) is 26.3 Å². The second-order valence-electron chi connectivity index (χ2n) is 5.01. The van der Waals surface area contributed by atoms with E-state index in [4.69, 9.17) is 0 Å².